The first kappa shape index (κ1) is 40.3. The quantitative estimate of drug-likeness (QED) is 0.0173. The van der Waals surface area contributed by atoms with Crippen LogP contribution in [0.25, 0.3) is 4.85 Å². The number of anilines is 2. The maximum atomic E-state index is 12.9. The number of fused-ring (bicyclic) bond motifs is 2. The van der Waals surface area contributed by atoms with Crippen LogP contribution in [0.3, 0.4) is 0 Å². The highest BCUT2D eigenvalue weighted by Gasteiger charge is 2.31. The summed E-state index contributed by atoms with van der Waals surface area (Å²) in [6.45, 7) is 18.3. The fourth-order valence-electron chi connectivity index (χ4n) is 5.05. The zero-order chi connectivity index (χ0) is 37.1. The summed E-state index contributed by atoms with van der Waals surface area (Å²) in [6.07, 6.45) is 4.23. The molecule has 1 unspecified atom stereocenters. The molecule has 0 N–H and O–H groups in total. The number of nitrogens with zero attached hydrogens (tertiary/aromatic N) is 4. The van der Waals surface area contributed by atoms with E-state index < -0.39 is 11.9 Å². The second-order valence-corrected chi connectivity index (χ2v) is 13.7. The summed E-state index contributed by atoms with van der Waals surface area (Å²) in [6, 6.07) is 17.7. The van der Waals surface area contributed by atoms with Crippen molar-refractivity contribution in [1.29, 1.82) is 5.26 Å². The molecule has 12 nitrogen and oxygen atoms in total. The lowest BCUT2D eigenvalue weighted by Gasteiger charge is -2.22. The standard InChI is InChI=1S/C38H44N4O8S2/c1-5-28(3)17-19-42-31-14-8-10-16-33(31)52-37(42)35(40-4)50-49-22-12-20-45-23-24-46-25-26-48-38(44)29(27-39)36-41(18-11-21-47-34(43)6-2)30-13-7-9-15-32(30)51-36/h6-10,13-16,28H,2,5,11-12,17-26H2,1,3H3. The second-order valence-electron chi connectivity index (χ2n) is 11.6. The molecule has 2 heterocycles. The van der Waals surface area contributed by atoms with E-state index >= 15 is 0 Å². The van der Waals surface area contributed by atoms with Gasteiger partial charge in [-0.1, -0.05) is 74.6 Å². The van der Waals surface area contributed by atoms with E-state index in [-0.39, 0.29) is 44.5 Å². The van der Waals surface area contributed by atoms with Gasteiger partial charge in [0.2, 0.25) is 0 Å². The predicted molar refractivity (Wildman–Crippen MR) is 200 cm³/mol. The van der Waals surface area contributed by atoms with E-state index in [1.807, 2.05) is 53.4 Å². The predicted octanol–water partition coefficient (Wildman–Crippen LogP) is 7.46. The zero-order valence-corrected chi connectivity index (χ0v) is 31.2. The van der Waals surface area contributed by atoms with Gasteiger partial charge in [-0.05, 0) is 49.4 Å². The number of hydrogen-bond donors (Lipinski definition) is 0. The Balaban J connectivity index is 1.12. The Morgan fingerprint density at radius 1 is 0.885 bits per heavy atom. The minimum absolute atomic E-state index is 0.0328. The molecule has 52 heavy (non-hydrogen) atoms. The Morgan fingerprint density at radius 3 is 2.17 bits per heavy atom. The molecule has 0 saturated heterocycles. The van der Waals surface area contributed by atoms with E-state index in [0.717, 1.165) is 51.7 Å². The summed E-state index contributed by atoms with van der Waals surface area (Å²) in [5.41, 5.74) is 1.83. The van der Waals surface area contributed by atoms with E-state index in [1.165, 1.54) is 23.5 Å². The van der Waals surface area contributed by atoms with Crippen LogP contribution in [0.15, 0.2) is 92.5 Å². The number of benzene rings is 2. The second kappa shape index (κ2) is 21.8. The largest absolute Gasteiger partial charge is 0.462 e. The van der Waals surface area contributed by atoms with Crippen LogP contribution in [-0.4, -0.2) is 71.3 Å². The fourth-order valence-corrected chi connectivity index (χ4v) is 7.33. The Morgan fingerprint density at radius 2 is 1.52 bits per heavy atom. The lowest BCUT2D eigenvalue weighted by atomic mass is 10.1. The molecule has 2 aliphatic rings. The van der Waals surface area contributed by atoms with Crippen LogP contribution in [0.1, 0.15) is 39.5 Å². The van der Waals surface area contributed by atoms with Crippen molar-refractivity contribution in [2.75, 3.05) is 69.1 Å². The van der Waals surface area contributed by atoms with Crippen molar-refractivity contribution in [3.8, 4) is 6.07 Å². The lowest BCUT2D eigenvalue weighted by molar-refractivity contribution is -0.260. The summed E-state index contributed by atoms with van der Waals surface area (Å²) in [4.78, 5) is 44.7. The molecule has 0 fully saturated rings. The molecular weight excluding hydrogens is 705 g/mol. The van der Waals surface area contributed by atoms with Crippen LogP contribution >= 0.6 is 23.5 Å². The number of rotatable bonds is 22. The molecule has 0 amide bonds. The van der Waals surface area contributed by atoms with Crippen molar-refractivity contribution >= 4 is 46.8 Å². The lowest BCUT2D eigenvalue weighted by Crippen LogP contribution is -2.24. The van der Waals surface area contributed by atoms with Crippen molar-refractivity contribution in [3.63, 3.8) is 0 Å². The smallest absolute Gasteiger partial charge is 0.401 e. The Kier molecular flexibility index (Phi) is 16.9. The molecule has 0 aliphatic carbocycles. The Bertz CT molecular complexity index is 1690. The van der Waals surface area contributed by atoms with Gasteiger partial charge in [0.1, 0.15) is 22.7 Å². The number of nitriles is 1. The van der Waals surface area contributed by atoms with Crippen molar-refractivity contribution in [3.05, 3.63) is 94.1 Å². The molecule has 0 bridgehead atoms. The van der Waals surface area contributed by atoms with Gasteiger partial charge in [0.15, 0.2) is 5.57 Å². The molecule has 2 aromatic carbocycles. The third kappa shape index (κ3) is 11.5. The van der Waals surface area contributed by atoms with Crippen LogP contribution in [0.5, 0.6) is 0 Å². The molecule has 1 atom stereocenters. The van der Waals surface area contributed by atoms with Crippen LogP contribution < -0.4 is 9.80 Å². The van der Waals surface area contributed by atoms with E-state index in [9.17, 15) is 14.9 Å². The average Bonchev–Trinajstić information content (AvgIpc) is 3.72. The minimum Gasteiger partial charge on any atom is -0.462 e. The zero-order valence-electron chi connectivity index (χ0n) is 29.5. The first-order valence-corrected chi connectivity index (χ1v) is 18.8. The number of carbonyl (C=O) groups excluding carboxylic acids is 2. The van der Waals surface area contributed by atoms with E-state index in [0.29, 0.717) is 43.5 Å². The molecule has 0 spiro atoms. The van der Waals surface area contributed by atoms with Crippen molar-refractivity contribution < 1.29 is 38.3 Å². The van der Waals surface area contributed by atoms with Crippen LogP contribution in [-0.2, 0) is 38.3 Å². The third-order valence-corrected chi connectivity index (χ3v) is 10.3. The highest BCUT2D eigenvalue weighted by molar-refractivity contribution is 8.04. The van der Waals surface area contributed by atoms with E-state index in [1.54, 1.807) is 0 Å². The van der Waals surface area contributed by atoms with Gasteiger partial charge in [-0.25, -0.2) is 14.5 Å². The third-order valence-electron chi connectivity index (χ3n) is 8.00. The summed E-state index contributed by atoms with van der Waals surface area (Å²) in [5.74, 6) is -0.557. The first-order chi connectivity index (χ1) is 25.4. The summed E-state index contributed by atoms with van der Waals surface area (Å²) >= 11 is 2.84. The van der Waals surface area contributed by atoms with Gasteiger partial charge in [-0.15, -0.1) is 0 Å². The summed E-state index contributed by atoms with van der Waals surface area (Å²) in [7, 11) is 0. The maximum Gasteiger partial charge on any atom is 0.401 e. The molecule has 2 aromatic rings. The molecule has 2 aliphatic heterocycles. The highest BCUT2D eigenvalue weighted by Crippen LogP contribution is 2.48. The van der Waals surface area contributed by atoms with Crippen LogP contribution in [0, 0.1) is 23.8 Å². The topological polar surface area (TPSA) is 124 Å². The summed E-state index contributed by atoms with van der Waals surface area (Å²) in [5, 5.41) is 11.1. The normalized spacial score (nSPS) is 15.5. The number of hydrogen-bond acceptors (Lipinski definition) is 13. The van der Waals surface area contributed by atoms with E-state index in [2.05, 4.69) is 36.2 Å². The number of para-hydroxylation sites is 2. The van der Waals surface area contributed by atoms with Gasteiger partial charge in [0.25, 0.3) is 0 Å². The van der Waals surface area contributed by atoms with Gasteiger partial charge in [0, 0.05) is 35.6 Å². The minimum atomic E-state index is -0.741. The van der Waals surface area contributed by atoms with Crippen molar-refractivity contribution in [2.45, 2.75) is 49.3 Å². The number of carbonyl (C=O) groups is 2. The monoisotopic (exact) mass is 748 g/mol. The van der Waals surface area contributed by atoms with Crippen molar-refractivity contribution in [1.82, 2.24) is 0 Å². The van der Waals surface area contributed by atoms with Crippen molar-refractivity contribution in [2.24, 2.45) is 5.92 Å². The Labute approximate surface area is 314 Å². The molecule has 0 aromatic heterocycles. The highest BCUT2D eigenvalue weighted by atomic mass is 32.2. The molecule has 0 saturated carbocycles. The first-order valence-electron chi connectivity index (χ1n) is 17.2. The van der Waals surface area contributed by atoms with Crippen LogP contribution in [0.4, 0.5) is 11.4 Å². The molecular formula is C38H44N4O8S2. The van der Waals surface area contributed by atoms with Gasteiger partial charge in [-0.3, -0.25) is 0 Å². The van der Waals surface area contributed by atoms with Gasteiger partial charge in [0.05, 0.1) is 51.0 Å². The number of esters is 2. The molecule has 4 rings (SSSR count). The molecule has 0 radical (unpaired) electrons. The number of ether oxygens (including phenoxy) is 4. The van der Waals surface area contributed by atoms with Crippen LogP contribution in [0.2, 0.25) is 0 Å². The average molecular weight is 749 g/mol. The van der Waals surface area contributed by atoms with Gasteiger partial charge < -0.3 is 33.6 Å². The van der Waals surface area contributed by atoms with Gasteiger partial charge >= 0.3 is 17.8 Å². The SMILES string of the molecule is [C-]#[N+]C(OOCCCOCCOCCOC(=O)C(C#N)=C1Sc2ccccc2N1CCCOC(=O)C=C)=C1Sc2ccccc2N1CCC(C)CC. The number of thioether (sulfide) groups is 2. The summed E-state index contributed by atoms with van der Waals surface area (Å²) < 4.78 is 21.6. The molecule has 276 valence electrons. The molecule has 14 heteroatoms. The Hall–Kier alpha value is -4.44. The maximum absolute atomic E-state index is 12.9. The van der Waals surface area contributed by atoms with Gasteiger partial charge in [-0.2, -0.15) is 10.1 Å². The van der Waals surface area contributed by atoms with E-state index in [4.69, 9.17) is 35.3 Å². The fraction of sp³-hybridized carbons (Fsp3) is 0.421.